The Morgan fingerprint density at radius 2 is 1.77 bits per heavy atom. The molecule has 22 heavy (non-hydrogen) atoms. The van der Waals surface area contributed by atoms with Gasteiger partial charge in [-0.2, -0.15) is 13.2 Å². The highest BCUT2D eigenvalue weighted by atomic mass is 19.4. The van der Waals surface area contributed by atoms with Gasteiger partial charge >= 0.3 is 6.18 Å². The SMILES string of the molecule is CC(O)(CCNc1cc(C(F)(F)F)ccn1)c1ccccc1. The quantitative estimate of drug-likeness (QED) is 0.882. The molecule has 1 aromatic carbocycles. The number of halogens is 3. The Bertz CT molecular complexity index is 612. The van der Waals surface area contributed by atoms with Crippen molar-refractivity contribution in [1.82, 2.24) is 4.98 Å². The summed E-state index contributed by atoms with van der Waals surface area (Å²) in [6, 6.07) is 11.0. The number of hydrogen-bond donors (Lipinski definition) is 2. The van der Waals surface area contributed by atoms with Crippen molar-refractivity contribution >= 4 is 5.82 Å². The van der Waals surface area contributed by atoms with Gasteiger partial charge in [0.1, 0.15) is 5.82 Å². The van der Waals surface area contributed by atoms with Crippen LogP contribution in [0.4, 0.5) is 19.0 Å². The predicted octanol–water partition coefficient (Wildman–Crippen LogP) is 3.81. The Morgan fingerprint density at radius 3 is 2.41 bits per heavy atom. The van der Waals surface area contributed by atoms with Crippen molar-refractivity contribution in [3.8, 4) is 0 Å². The molecule has 6 heteroatoms. The summed E-state index contributed by atoms with van der Waals surface area (Å²) in [6.45, 7) is 1.97. The number of alkyl halides is 3. The third-order valence-electron chi connectivity index (χ3n) is 3.40. The van der Waals surface area contributed by atoms with Crippen LogP contribution in [-0.4, -0.2) is 16.6 Å². The molecule has 0 saturated heterocycles. The number of nitrogens with zero attached hydrogens (tertiary/aromatic N) is 1. The zero-order chi connectivity index (χ0) is 16.2. The number of pyridine rings is 1. The van der Waals surface area contributed by atoms with Crippen LogP contribution in [-0.2, 0) is 11.8 Å². The number of benzene rings is 1. The summed E-state index contributed by atoms with van der Waals surface area (Å²) >= 11 is 0. The van der Waals surface area contributed by atoms with Gasteiger partial charge in [0.25, 0.3) is 0 Å². The number of aliphatic hydroxyl groups is 1. The van der Waals surface area contributed by atoms with Crippen molar-refractivity contribution in [3.05, 3.63) is 59.8 Å². The molecule has 0 bridgehead atoms. The second-order valence-corrected chi connectivity index (χ2v) is 5.24. The van der Waals surface area contributed by atoms with E-state index in [0.717, 1.165) is 23.9 Å². The van der Waals surface area contributed by atoms with Crippen LogP contribution in [0.3, 0.4) is 0 Å². The van der Waals surface area contributed by atoms with Gasteiger partial charge in [0.2, 0.25) is 0 Å². The van der Waals surface area contributed by atoms with Crippen LogP contribution in [0.25, 0.3) is 0 Å². The van der Waals surface area contributed by atoms with Gasteiger partial charge in [-0.05, 0) is 31.0 Å². The fourth-order valence-electron chi connectivity index (χ4n) is 2.08. The van der Waals surface area contributed by atoms with Crippen LogP contribution in [0.15, 0.2) is 48.7 Å². The highest BCUT2D eigenvalue weighted by molar-refractivity contribution is 5.38. The molecule has 3 nitrogen and oxygen atoms in total. The fourth-order valence-corrected chi connectivity index (χ4v) is 2.08. The van der Waals surface area contributed by atoms with Crippen LogP contribution in [0.2, 0.25) is 0 Å². The molecule has 1 aromatic heterocycles. The molecule has 1 atom stereocenters. The molecule has 0 aliphatic rings. The van der Waals surface area contributed by atoms with Crippen LogP contribution in [0.5, 0.6) is 0 Å². The van der Waals surface area contributed by atoms with Gasteiger partial charge < -0.3 is 10.4 Å². The Kier molecular flexibility index (Phi) is 4.71. The molecule has 0 radical (unpaired) electrons. The number of nitrogens with one attached hydrogen (secondary N) is 1. The van der Waals surface area contributed by atoms with E-state index >= 15 is 0 Å². The molecule has 118 valence electrons. The average Bonchev–Trinajstić information content (AvgIpc) is 2.47. The first-order valence-corrected chi connectivity index (χ1v) is 6.84. The molecule has 2 aromatic rings. The standard InChI is InChI=1S/C16H17F3N2O/c1-15(22,12-5-3-2-4-6-12)8-10-21-14-11-13(7-9-20-14)16(17,18)19/h2-7,9,11,22H,8,10H2,1H3,(H,20,21). The Morgan fingerprint density at radius 1 is 1.09 bits per heavy atom. The van der Waals surface area contributed by atoms with Crippen molar-refractivity contribution in [2.24, 2.45) is 0 Å². The summed E-state index contributed by atoms with van der Waals surface area (Å²) in [7, 11) is 0. The minimum Gasteiger partial charge on any atom is -0.385 e. The maximum absolute atomic E-state index is 12.6. The van der Waals surface area contributed by atoms with E-state index < -0.39 is 17.3 Å². The Hall–Kier alpha value is -2.08. The minimum absolute atomic E-state index is 0.138. The third kappa shape index (κ3) is 4.21. The zero-order valence-corrected chi connectivity index (χ0v) is 12.1. The molecular formula is C16H17F3N2O. The number of aromatic nitrogens is 1. The lowest BCUT2D eigenvalue weighted by molar-refractivity contribution is -0.137. The molecule has 0 aliphatic heterocycles. The lowest BCUT2D eigenvalue weighted by atomic mass is 9.93. The summed E-state index contributed by atoms with van der Waals surface area (Å²) in [6.07, 6.45) is -2.94. The summed E-state index contributed by atoms with van der Waals surface area (Å²) in [5.41, 5.74) is -1.05. The van der Waals surface area contributed by atoms with Crippen molar-refractivity contribution in [2.75, 3.05) is 11.9 Å². The lowest BCUT2D eigenvalue weighted by Gasteiger charge is -2.24. The van der Waals surface area contributed by atoms with E-state index in [0.29, 0.717) is 13.0 Å². The molecule has 2 N–H and O–H groups in total. The predicted molar refractivity (Wildman–Crippen MR) is 78.4 cm³/mol. The molecule has 1 unspecified atom stereocenters. The van der Waals surface area contributed by atoms with E-state index in [1.165, 1.54) is 0 Å². The summed E-state index contributed by atoms with van der Waals surface area (Å²) in [5, 5.41) is 13.2. The minimum atomic E-state index is -4.39. The monoisotopic (exact) mass is 310 g/mol. The Labute approximate surface area is 126 Å². The van der Waals surface area contributed by atoms with Crippen LogP contribution in [0.1, 0.15) is 24.5 Å². The smallest absolute Gasteiger partial charge is 0.385 e. The number of hydrogen-bond acceptors (Lipinski definition) is 3. The van der Waals surface area contributed by atoms with Gasteiger partial charge in [-0.3, -0.25) is 0 Å². The molecule has 0 aliphatic carbocycles. The summed E-state index contributed by atoms with van der Waals surface area (Å²) in [4.78, 5) is 3.85. The van der Waals surface area contributed by atoms with E-state index in [2.05, 4.69) is 10.3 Å². The summed E-state index contributed by atoms with van der Waals surface area (Å²) in [5.74, 6) is 0.138. The number of anilines is 1. The van der Waals surface area contributed by atoms with Gasteiger partial charge in [-0.25, -0.2) is 4.98 Å². The normalized spacial score (nSPS) is 14.4. The van der Waals surface area contributed by atoms with Gasteiger partial charge in [0.15, 0.2) is 0 Å². The number of rotatable bonds is 5. The molecule has 0 spiro atoms. The van der Waals surface area contributed by atoms with E-state index in [4.69, 9.17) is 0 Å². The highest BCUT2D eigenvalue weighted by Gasteiger charge is 2.30. The van der Waals surface area contributed by atoms with Crippen LogP contribution in [0, 0.1) is 0 Å². The summed E-state index contributed by atoms with van der Waals surface area (Å²) < 4.78 is 37.8. The van der Waals surface area contributed by atoms with E-state index in [-0.39, 0.29) is 5.82 Å². The van der Waals surface area contributed by atoms with Crippen molar-refractivity contribution < 1.29 is 18.3 Å². The van der Waals surface area contributed by atoms with Gasteiger partial charge in [-0.15, -0.1) is 0 Å². The van der Waals surface area contributed by atoms with Gasteiger partial charge in [0.05, 0.1) is 11.2 Å². The van der Waals surface area contributed by atoms with E-state index in [9.17, 15) is 18.3 Å². The van der Waals surface area contributed by atoms with Crippen LogP contribution >= 0.6 is 0 Å². The first-order chi connectivity index (χ1) is 10.3. The molecule has 0 saturated carbocycles. The third-order valence-corrected chi connectivity index (χ3v) is 3.40. The Balaban J connectivity index is 1.97. The first-order valence-electron chi connectivity index (χ1n) is 6.84. The molecule has 1 heterocycles. The topological polar surface area (TPSA) is 45.1 Å². The first kappa shape index (κ1) is 16.3. The second-order valence-electron chi connectivity index (χ2n) is 5.24. The van der Waals surface area contributed by atoms with Crippen LogP contribution < -0.4 is 5.32 Å². The molecule has 0 fully saturated rings. The zero-order valence-electron chi connectivity index (χ0n) is 12.1. The average molecular weight is 310 g/mol. The van der Waals surface area contributed by atoms with Gasteiger partial charge in [-0.1, -0.05) is 30.3 Å². The molecular weight excluding hydrogens is 293 g/mol. The second kappa shape index (κ2) is 6.36. The van der Waals surface area contributed by atoms with Gasteiger partial charge in [0, 0.05) is 12.7 Å². The lowest BCUT2D eigenvalue weighted by Crippen LogP contribution is -2.24. The van der Waals surface area contributed by atoms with E-state index in [1.807, 2.05) is 30.3 Å². The van der Waals surface area contributed by atoms with E-state index in [1.54, 1.807) is 6.92 Å². The fraction of sp³-hybridized carbons (Fsp3) is 0.312. The van der Waals surface area contributed by atoms with Crippen molar-refractivity contribution in [1.29, 1.82) is 0 Å². The van der Waals surface area contributed by atoms with Crippen molar-refractivity contribution in [3.63, 3.8) is 0 Å². The maximum atomic E-state index is 12.6. The highest BCUT2D eigenvalue weighted by Crippen LogP contribution is 2.30. The molecule has 0 amide bonds. The molecule has 2 rings (SSSR count). The van der Waals surface area contributed by atoms with Crippen molar-refractivity contribution in [2.45, 2.75) is 25.1 Å². The maximum Gasteiger partial charge on any atom is 0.416 e. The largest absolute Gasteiger partial charge is 0.416 e.